The van der Waals surface area contributed by atoms with Gasteiger partial charge in [0.2, 0.25) is 0 Å². The van der Waals surface area contributed by atoms with Gasteiger partial charge < -0.3 is 21.4 Å². The molecular formula is C10H23N3O2. The van der Waals surface area contributed by atoms with Gasteiger partial charge in [0.15, 0.2) is 5.84 Å². The second-order valence-electron chi connectivity index (χ2n) is 4.11. The van der Waals surface area contributed by atoms with Gasteiger partial charge in [-0.1, -0.05) is 25.4 Å². The molecule has 0 aliphatic carbocycles. The van der Waals surface area contributed by atoms with Gasteiger partial charge in [-0.3, -0.25) is 0 Å². The zero-order valence-electron chi connectivity index (χ0n) is 9.82. The largest absolute Gasteiger partial charge is 0.409 e. The van der Waals surface area contributed by atoms with E-state index in [9.17, 15) is 5.11 Å². The summed E-state index contributed by atoms with van der Waals surface area (Å²) >= 11 is 0. The van der Waals surface area contributed by atoms with Crippen molar-refractivity contribution in [1.82, 2.24) is 5.32 Å². The number of oxime groups is 1. The zero-order chi connectivity index (χ0) is 11.9. The number of hydrogen-bond acceptors (Lipinski definition) is 4. The topological polar surface area (TPSA) is 90.9 Å². The third-order valence-corrected chi connectivity index (χ3v) is 2.40. The Morgan fingerprint density at radius 3 is 2.53 bits per heavy atom. The summed E-state index contributed by atoms with van der Waals surface area (Å²) in [6.07, 6.45) is 2.37. The van der Waals surface area contributed by atoms with Gasteiger partial charge in [0, 0.05) is 6.54 Å². The fraction of sp³-hybridized carbons (Fsp3) is 0.900. The molecule has 0 aromatic heterocycles. The molecule has 0 saturated carbocycles. The molecule has 15 heavy (non-hydrogen) atoms. The number of rotatable bonds is 7. The summed E-state index contributed by atoms with van der Waals surface area (Å²) in [5.74, 6) is 0.157. The number of aliphatic hydroxyl groups is 1. The van der Waals surface area contributed by atoms with Crippen molar-refractivity contribution in [3.05, 3.63) is 0 Å². The Balaban J connectivity index is 4.11. The van der Waals surface area contributed by atoms with Crippen molar-refractivity contribution in [3.8, 4) is 0 Å². The van der Waals surface area contributed by atoms with Crippen LogP contribution in [0.5, 0.6) is 0 Å². The third-order valence-electron chi connectivity index (χ3n) is 2.40. The van der Waals surface area contributed by atoms with Crippen LogP contribution >= 0.6 is 0 Å². The van der Waals surface area contributed by atoms with Crippen molar-refractivity contribution in [2.75, 3.05) is 6.54 Å². The first-order chi connectivity index (χ1) is 6.96. The molecule has 0 radical (unpaired) electrons. The normalized spacial score (nSPS) is 18.5. The highest BCUT2D eigenvalue weighted by atomic mass is 16.4. The number of amidine groups is 1. The highest BCUT2D eigenvalue weighted by Gasteiger charge is 2.21. The Hall–Kier alpha value is -0.810. The molecule has 0 aliphatic heterocycles. The average Bonchev–Trinajstić information content (AvgIpc) is 2.18. The SMILES string of the molecule is CCCC(C)(O)CNC(CC)C(N)=NO. The van der Waals surface area contributed by atoms with Crippen molar-refractivity contribution in [3.63, 3.8) is 0 Å². The predicted molar refractivity (Wildman–Crippen MR) is 61.0 cm³/mol. The summed E-state index contributed by atoms with van der Waals surface area (Å²) in [6, 6.07) is -0.182. The molecule has 5 N–H and O–H groups in total. The lowest BCUT2D eigenvalue weighted by molar-refractivity contribution is 0.0488. The second-order valence-corrected chi connectivity index (χ2v) is 4.11. The zero-order valence-corrected chi connectivity index (χ0v) is 9.82. The Morgan fingerprint density at radius 2 is 2.13 bits per heavy atom. The lowest BCUT2D eigenvalue weighted by Gasteiger charge is -2.26. The summed E-state index contributed by atoms with van der Waals surface area (Å²) in [6.45, 7) is 6.18. The predicted octanol–water partition coefficient (Wildman–Crippen LogP) is 0.652. The quantitative estimate of drug-likeness (QED) is 0.218. The van der Waals surface area contributed by atoms with E-state index in [4.69, 9.17) is 10.9 Å². The third kappa shape index (κ3) is 5.59. The monoisotopic (exact) mass is 217 g/mol. The smallest absolute Gasteiger partial charge is 0.156 e. The van der Waals surface area contributed by atoms with E-state index in [0.717, 1.165) is 19.3 Å². The maximum atomic E-state index is 9.91. The molecule has 0 bridgehead atoms. The van der Waals surface area contributed by atoms with E-state index in [2.05, 4.69) is 10.5 Å². The maximum absolute atomic E-state index is 9.91. The van der Waals surface area contributed by atoms with Gasteiger partial charge >= 0.3 is 0 Å². The number of hydrogen-bond donors (Lipinski definition) is 4. The standard InChI is InChI=1S/C10H23N3O2/c1-4-6-10(3,14)7-12-8(5-2)9(11)13-15/h8,12,14-15H,4-7H2,1-3H3,(H2,11,13). The molecule has 2 atom stereocenters. The molecule has 2 unspecified atom stereocenters. The van der Waals surface area contributed by atoms with Gasteiger partial charge in [-0.05, 0) is 19.8 Å². The summed E-state index contributed by atoms with van der Waals surface area (Å²) in [4.78, 5) is 0. The molecule has 0 rings (SSSR count). The van der Waals surface area contributed by atoms with Crippen molar-refractivity contribution in [2.24, 2.45) is 10.9 Å². The minimum atomic E-state index is -0.738. The first-order valence-corrected chi connectivity index (χ1v) is 5.40. The summed E-state index contributed by atoms with van der Waals surface area (Å²) in [5.41, 5.74) is 4.75. The van der Waals surface area contributed by atoms with E-state index in [1.165, 1.54) is 0 Å². The van der Waals surface area contributed by atoms with Crippen LogP contribution in [0.1, 0.15) is 40.0 Å². The van der Waals surface area contributed by atoms with Crippen LogP contribution in [0.4, 0.5) is 0 Å². The van der Waals surface area contributed by atoms with E-state index in [0.29, 0.717) is 6.54 Å². The van der Waals surface area contributed by atoms with Gasteiger partial charge in [-0.2, -0.15) is 0 Å². The van der Waals surface area contributed by atoms with E-state index < -0.39 is 5.60 Å². The fourth-order valence-electron chi connectivity index (χ4n) is 1.50. The van der Waals surface area contributed by atoms with Gasteiger partial charge in [0.05, 0.1) is 11.6 Å². The van der Waals surface area contributed by atoms with E-state index in [-0.39, 0.29) is 11.9 Å². The molecule has 0 aromatic carbocycles. The van der Waals surface area contributed by atoms with Crippen LogP contribution in [0.15, 0.2) is 5.16 Å². The molecule has 5 nitrogen and oxygen atoms in total. The Kier molecular flexibility index (Phi) is 6.27. The van der Waals surface area contributed by atoms with Crippen LogP contribution in [0.3, 0.4) is 0 Å². The Bertz CT molecular complexity index is 205. The maximum Gasteiger partial charge on any atom is 0.156 e. The van der Waals surface area contributed by atoms with Crippen molar-refractivity contribution in [2.45, 2.75) is 51.7 Å². The van der Waals surface area contributed by atoms with Crippen LogP contribution in [-0.4, -0.2) is 34.3 Å². The van der Waals surface area contributed by atoms with Crippen LogP contribution in [0.25, 0.3) is 0 Å². The van der Waals surface area contributed by atoms with E-state index >= 15 is 0 Å². The van der Waals surface area contributed by atoms with Crippen molar-refractivity contribution < 1.29 is 10.3 Å². The van der Waals surface area contributed by atoms with Gasteiger partial charge in [0.1, 0.15) is 0 Å². The number of nitrogens with zero attached hydrogens (tertiary/aromatic N) is 1. The first-order valence-electron chi connectivity index (χ1n) is 5.40. The molecule has 0 saturated heterocycles. The summed E-state index contributed by atoms with van der Waals surface area (Å²) in [7, 11) is 0. The lowest BCUT2D eigenvalue weighted by atomic mass is 10.00. The molecule has 5 heteroatoms. The van der Waals surface area contributed by atoms with Crippen LogP contribution < -0.4 is 11.1 Å². The average molecular weight is 217 g/mol. The number of nitrogens with two attached hydrogens (primary N) is 1. The molecule has 90 valence electrons. The Morgan fingerprint density at radius 1 is 1.53 bits per heavy atom. The highest BCUT2D eigenvalue weighted by Crippen LogP contribution is 2.10. The van der Waals surface area contributed by atoms with E-state index in [1.54, 1.807) is 6.92 Å². The summed E-state index contributed by atoms with van der Waals surface area (Å²) < 4.78 is 0. The first kappa shape index (κ1) is 14.2. The highest BCUT2D eigenvalue weighted by molar-refractivity contribution is 5.85. The van der Waals surface area contributed by atoms with E-state index in [1.807, 2.05) is 13.8 Å². The molecular weight excluding hydrogens is 194 g/mol. The molecule has 0 amide bonds. The van der Waals surface area contributed by atoms with Gasteiger partial charge in [0.25, 0.3) is 0 Å². The minimum Gasteiger partial charge on any atom is -0.409 e. The lowest BCUT2D eigenvalue weighted by Crippen LogP contribution is -2.47. The van der Waals surface area contributed by atoms with Gasteiger partial charge in [-0.25, -0.2) is 0 Å². The van der Waals surface area contributed by atoms with Gasteiger partial charge in [-0.15, -0.1) is 0 Å². The Labute approximate surface area is 91.4 Å². The fourth-order valence-corrected chi connectivity index (χ4v) is 1.50. The summed E-state index contributed by atoms with van der Waals surface area (Å²) in [5, 5.41) is 24.5. The van der Waals surface area contributed by atoms with Crippen LogP contribution in [-0.2, 0) is 0 Å². The molecule has 0 spiro atoms. The van der Waals surface area contributed by atoms with Crippen LogP contribution in [0, 0.1) is 0 Å². The van der Waals surface area contributed by atoms with Crippen molar-refractivity contribution >= 4 is 5.84 Å². The van der Waals surface area contributed by atoms with Crippen molar-refractivity contribution in [1.29, 1.82) is 0 Å². The molecule has 0 heterocycles. The molecule has 0 aromatic rings. The number of nitrogens with one attached hydrogen (secondary N) is 1. The minimum absolute atomic E-state index is 0.157. The molecule has 0 aliphatic rings. The molecule has 0 fully saturated rings. The second kappa shape index (κ2) is 6.63. The van der Waals surface area contributed by atoms with Crippen LogP contribution in [0.2, 0.25) is 0 Å².